The number of amides is 1. The summed E-state index contributed by atoms with van der Waals surface area (Å²) in [6, 6.07) is 24.6. The van der Waals surface area contributed by atoms with Crippen LogP contribution in [0.4, 0.5) is 4.79 Å². The lowest BCUT2D eigenvalue weighted by molar-refractivity contribution is 0.191. The third-order valence-corrected chi connectivity index (χ3v) is 11.4. The Bertz CT molecular complexity index is 1050. The molecule has 0 fully saturated rings. The fraction of sp³-hybridized carbons (Fsp3) is 0.296. The van der Waals surface area contributed by atoms with Gasteiger partial charge >= 0.3 is 6.03 Å². The Balaban J connectivity index is 1.74. The van der Waals surface area contributed by atoms with Crippen molar-refractivity contribution in [2.45, 2.75) is 37.9 Å². The predicted molar refractivity (Wildman–Crippen MR) is 137 cm³/mol. The van der Waals surface area contributed by atoms with Crippen LogP contribution in [-0.4, -0.2) is 38.1 Å². The number of nitrogens with one attached hydrogen (secondary N) is 2. The first kappa shape index (κ1) is 23.2. The average Bonchev–Trinajstić information content (AvgIpc) is 3.30. The van der Waals surface area contributed by atoms with Gasteiger partial charge in [0.05, 0.1) is 18.7 Å². The van der Waals surface area contributed by atoms with Gasteiger partial charge in [-0.2, -0.15) is 0 Å². The van der Waals surface area contributed by atoms with E-state index in [2.05, 4.69) is 86.5 Å². The van der Waals surface area contributed by atoms with E-state index in [0.29, 0.717) is 13.2 Å². The van der Waals surface area contributed by atoms with E-state index in [1.807, 2.05) is 30.3 Å². The maximum absolute atomic E-state index is 12.8. The summed E-state index contributed by atoms with van der Waals surface area (Å²) in [5.74, 6) is 0. The summed E-state index contributed by atoms with van der Waals surface area (Å²) in [6.07, 6.45) is 3.64. The normalized spacial score (nSPS) is 18.5. The van der Waals surface area contributed by atoms with E-state index in [-0.39, 0.29) is 23.2 Å². The van der Waals surface area contributed by atoms with E-state index >= 15 is 0 Å². The van der Waals surface area contributed by atoms with Gasteiger partial charge in [-0.1, -0.05) is 87.5 Å². The van der Waals surface area contributed by atoms with Crippen molar-refractivity contribution in [2.75, 3.05) is 13.2 Å². The lowest BCUT2D eigenvalue weighted by Gasteiger charge is -2.44. The second kappa shape index (κ2) is 9.51. The van der Waals surface area contributed by atoms with E-state index in [1.165, 1.54) is 10.4 Å². The first-order valence-electron chi connectivity index (χ1n) is 11.5. The molecule has 0 saturated carbocycles. The lowest BCUT2D eigenvalue weighted by Crippen LogP contribution is -2.68. The third kappa shape index (κ3) is 4.34. The fourth-order valence-corrected chi connectivity index (χ4v) is 9.51. The van der Waals surface area contributed by atoms with Gasteiger partial charge in [0.1, 0.15) is 0 Å². The molecule has 0 aliphatic carbocycles. The van der Waals surface area contributed by atoms with Crippen LogP contribution in [0, 0.1) is 0 Å². The van der Waals surface area contributed by atoms with Gasteiger partial charge in [-0.25, -0.2) is 4.79 Å². The number of carbonyl (C=O) groups excluding carboxylic acids is 1. The van der Waals surface area contributed by atoms with Crippen molar-refractivity contribution in [3.63, 3.8) is 0 Å². The topological polar surface area (TPSA) is 55.3 Å². The Morgan fingerprint density at radius 1 is 1.03 bits per heavy atom. The largest absolute Gasteiger partial charge is 0.405 e. The summed E-state index contributed by atoms with van der Waals surface area (Å²) in [4.78, 5) is 12.8. The molecule has 2 atom stereocenters. The first-order chi connectivity index (χ1) is 15.9. The minimum Gasteiger partial charge on any atom is -0.405 e. The summed E-state index contributed by atoms with van der Waals surface area (Å²) in [5, 5.41) is 9.02. The number of nitrogens with zero attached hydrogens (tertiary/aromatic N) is 1. The van der Waals surface area contributed by atoms with Crippen LogP contribution in [0.1, 0.15) is 32.5 Å². The highest BCUT2D eigenvalue weighted by atomic mass is 28.4. The van der Waals surface area contributed by atoms with Crippen LogP contribution >= 0.6 is 0 Å². The summed E-state index contributed by atoms with van der Waals surface area (Å²) in [7, 11) is -2.70. The molecule has 2 N–H and O–H groups in total. The average molecular weight is 460 g/mol. The molecule has 172 valence electrons. The Morgan fingerprint density at radius 2 is 1.64 bits per heavy atom. The van der Waals surface area contributed by atoms with Crippen molar-refractivity contribution in [1.29, 1.82) is 0 Å². The molecule has 0 spiro atoms. The molecular weight excluding hydrogens is 426 g/mol. The zero-order valence-electron chi connectivity index (χ0n) is 19.6. The molecular formula is C27H33N3O2Si. The molecule has 2 aromatic carbocycles. The Hall–Kier alpha value is -2.93. The fourth-order valence-electron chi connectivity index (χ4n) is 4.92. The van der Waals surface area contributed by atoms with Gasteiger partial charge in [-0.3, -0.25) is 4.57 Å². The van der Waals surface area contributed by atoms with Gasteiger partial charge in [0.2, 0.25) is 0 Å². The maximum Gasteiger partial charge on any atom is 0.326 e. The molecule has 5 nitrogen and oxygen atoms in total. The third-order valence-electron chi connectivity index (χ3n) is 6.41. The van der Waals surface area contributed by atoms with Crippen molar-refractivity contribution in [3.05, 3.63) is 97.3 Å². The minimum absolute atomic E-state index is 0.0751. The SMILES string of the molecule is C=CCN[C@@H]1c2cccn2C(=O)N[C@H]1CO[Si](c1ccccc1)(c1ccccc1)C(C)(C)C. The van der Waals surface area contributed by atoms with Crippen LogP contribution in [0.2, 0.25) is 5.04 Å². The summed E-state index contributed by atoms with van der Waals surface area (Å²) < 4.78 is 8.77. The van der Waals surface area contributed by atoms with E-state index in [1.54, 1.807) is 10.8 Å². The summed E-state index contributed by atoms with van der Waals surface area (Å²) >= 11 is 0. The highest BCUT2D eigenvalue weighted by Gasteiger charge is 2.51. The number of benzene rings is 2. The molecule has 3 aromatic rings. The Labute approximate surface area is 197 Å². The minimum atomic E-state index is -2.70. The van der Waals surface area contributed by atoms with E-state index in [0.717, 1.165) is 5.69 Å². The van der Waals surface area contributed by atoms with E-state index in [4.69, 9.17) is 4.43 Å². The second-order valence-corrected chi connectivity index (χ2v) is 13.8. The number of fused-ring (bicyclic) bond motifs is 1. The molecule has 2 heterocycles. The standard InChI is InChI=1S/C27H33N3O2Si/c1-5-18-28-25-23(29-26(31)30-19-12-17-24(25)30)20-32-33(27(2,3)4,21-13-8-6-9-14-21)22-15-10-7-11-16-22/h5-17,19,23,25,28H,1,18,20H2,2-4H3,(H,29,31)/t23-,25-/m0/s1. The highest BCUT2D eigenvalue weighted by molar-refractivity contribution is 6.99. The zero-order chi connectivity index (χ0) is 23.5. The van der Waals surface area contributed by atoms with Crippen LogP contribution in [0.5, 0.6) is 0 Å². The molecule has 0 radical (unpaired) electrons. The van der Waals surface area contributed by atoms with Gasteiger partial charge in [-0.05, 0) is 27.5 Å². The molecule has 1 aromatic heterocycles. The smallest absolute Gasteiger partial charge is 0.326 e. The van der Waals surface area contributed by atoms with Crippen molar-refractivity contribution in [3.8, 4) is 0 Å². The predicted octanol–water partition coefficient (Wildman–Crippen LogP) is 3.82. The molecule has 4 rings (SSSR count). The van der Waals surface area contributed by atoms with Gasteiger partial charge in [0, 0.05) is 18.4 Å². The number of rotatable bonds is 8. The number of hydrogen-bond acceptors (Lipinski definition) is 3. The monoisotopic (exact) mass is 459 g/mol. The highest BCUT2D eigenvalue weighted by Crippen LogP contribution is 2.37. The van der Waals surface area contributed by atoms with Crippen molar-refractivity contribution >= 4 is 24.7 Å². The molecule has 0 bridgehead atoms. The molecule has 1 aliphatic rings. The zero-order valence-corrected chi connectivity index (χ0v) is 20.6. The van der Waals surface area contributed by atoms with E-state index < -0.39 is 8.32 Å². The van der Waals surface area contributed by atoms with Crippen LogP contribution in [0.3, 0.4) is 0 Å². The number of aromatic nitrogens is 1. The Morgan fingerprint density at radius 3 is 2.18 bits per heavy atom. The van der Waals surface area contributed by atoms with Gasteiger partial charge in [0.25, 0.3) is 8.32 Å². The molecule has 1 aliphatic heterocycles. The quantitative estimate of drug-likeness (QED) is 0.398. The van der Waals surface area contributed by atoms with Crippen molar-refractivity contribution in [1.82, 2.24) is 15.2 Å². The van der Waals surface area contributed by atoms with E-state index in [9.17, 15) is 4.79 Å². The van der Waals surface area contributed by atoms with Gasteiger partial charge in [0.15, 0.2) is 0 Å². The number of hydrogen-bond donors (Lipinski definition) is 2. The second-order valence-electron chi connectivity index (χ2n) is 9.51. The molecule has 33 heavy (non-hydrogen) atoms. The molecule has 0 saturated heterocycles. The molecule has 6 heteroatoms. The summed E-state index contributed by atoms with van der Waals surface area (Å²) in [5.41, 5.74) is 0.941. The van der Waals surface area contributed by atoms with Crippen molar-refractivity contribution < 1.29 is 9.22 Å². The Kier molecular flexibility index (Phi) is 6.70. The van der Waals surface area contributed by atoms with Gasteiger partial charge < -0.3 is 15.1 Å². The van der Waals surface area contributed by atoms with Gasteiger partial charge in [-0.15, -0.1) is 6.58 Å². The maximum atomic E-state index is 12.8. The molecule has 1 amide bonds. The van der Waals surface area contributed by atoms with Crippen LogP contribution < -0.4 is 21.0 Å². The first-order valence-corrected chi connectivity index (χ1v) is 13.4. The van der Waals surface area contributed by atoms with Crippen molar-refractivity contribution in [2.24, 2.45) is 0 Å². The lowest BCUT2D eigenvalue weighted by atomic mass is 10.0. The summed E-state index contributed by atoms with van der Waals surface area (Å²) in [6.45, 7) is 11.7. The molecule has 0 unspecified atom stereocenters. The van der Waals surface area contributed by atoms with Crippen LogP contribution in [0.15, 0.2) is 91.6 Å². The number of carbonyl (C=O) groups is 1. The van der Waals surface area contributed by atoms with Crippen LogP contribution in [0.25, 0.3) is 0 Å². The van der Waals surface area contributed by atoms with Crippen LogP contribution in [-0.2, 0) is 4.43 Å².